The standard InChI is InChI=1S/C12H20O4/c13-11(14)7-10-8-15-9-12(16-10)5-3-1-2-4-6-12/h10H,1-9H2,(H,13,14). The van der Waals surface area contributed by atoms with E-state index in [9.17, 15) is 4.79 Å². The van der Waals surface area contributed by atoms with Crippen molar-refractivity contribution in [3.05, 3.63) is 0 Å². The summed E-state index contributed by atoms with van der Waals surface area (Å²) >= 11 is 0. The van der Waals surface area contributed by atoms with Crippen molar-refractivity contribution >= 4 is 5.97 Å². The van der Waals surface area contributed by atoms with Crippen molar-refractivity contribution in [3.8, 4) is 0 Å². The van der Waals surface area contributed by atoms with Gasteiger partial charge in [-0.2, -0.15) is 0 Å². The lowest BCUT2D eigenvalue weighted by Crippen LogP contribution is -2.47. The van der Waals surface area contributed by atoms with Gasteiger partial charge in [-0.15, -0.1) is 0 Å². The first-order chi connectivity index (χ1) is 7.70. The Morgan fingerprint density at radius 1 is 1.25 bits per heavy atom. The minimum atomic E-state index is -0.806. The first-order valence-electron chi connectivity index (χ1n) is 6.18. The summed E-state index contributed by atoms with van der Waals surface area (Å²) < 4.78 is 11.5. The second-order valence-electron chi connectivity index (χ2n) is 4.95. The highest BCUT2D eigenvalue weighted by Crippen LogP contribution is 2.34. The summed E-state index contributed by atoms with van der Waals surface area (Å²) in [7, 11) is 0. The van der Waals surface area contributed by atoms with Crippen molar-refractivity contribution in [1.82, 2.24) is 0 Å². The van der Waals surface area contributed by atoms with Crippen molar-refractivity contribution in [3.63, 3.8) is 0 Å². The Kier molecular flexibility index (Phi) is 3.82. The third-order valence-corrected chi connectivity index (χ3v) is 3.50. The molecule has 0 radical (unpaired) electrons. The van der Waals surface area contributed by atoms with E-state index in [4.69, 9.17) is 14.6 Å². The highest BCUT2D eigenvalue weighted by Gasteiger charge is 2.38. The number of rotatable bonds is 2. The van der Waals surface area contributed by atoms with Crippen LogP contribution in [0.25, 0.3) is 0 Å². The fourth-order valence-electron chi connectivity index (χ4n) is 2.73. The molecular formula is C12H20O4. The zero-order chi connectivity index (χ0) is 11.4. The maximum atomic E-state index is 10.7. The third kappa shape index (κ3) is 2.95. The van der Waals surface area contributed by atoms with Crippen LogP contribution in [0.3, 0.4) is 0 Å². The molecule has 0 aromatic heterocycles. The van der Waals surface area contributed by atoms with Crippen LogP contribution in [0.4, 0.5) is 0 Å². The maximum absolute atomic E-state index is 10.7. The smallest absolute Gasteiger partial charge is 0.306 e. The van der Waals surface area contributed by atoms with E-state index in [2.05, 4.69) is 0 Å². The van der Waals surface area contributed by atoms with Crippen LogP contribution < -0.4 is 0 Å². The van der Waals surface area contributed by atoms with E-state index in [-0.39, 0.29) is 18.1 Å². The van der Waals surface area contributed by atoms with E-state index in [0.29, 0.717) is 13.2 Å². The Hall–Kier alpha value is -0.610. The normalized spacial score (nSPS) is 29.9. The number of carbonyl (C=O) groups is 1. The van der Waals surface area contributed by atoms with E-state index in [1.54, 1.807) is 0 Å². The van der Waals surface area contributed by atoms with Gasteiger partial charge in [0, 0.05) is 0 Å². The van der Waals surface area contributed by atoms with Gasteiger partial charge in [0.1, 0.15) is 0 Å². The molecule has 1 saturated carbocycles. The van der Waals surface area contributed by atoms with Crippen molar-refractivity contribution in [1.29, 1.82) is 0 Å². The van der Waals surface area contributed by atoms with E-state index >= 15 is 0 Å². The van der Waals surface area contributed by atoms with Crippen LogP contribution in [0.15, 0.2) is 0 Å². The quantitative estimate of drug-likeness (QED) is 0.785. The minimum Gasteiger partial charge on any atom is -0.481 e. The second-order valence-corrected chi connectivity index (χ2v) is 4.95. The summed E-state index contributed by atoms with van der Waals surface area (Å²) in [5, 5.41) is 8.77. The zero-order valence-corrected chi connectivity index (χ0v) is 9.61. The van der Waals surface area contributed by atoms with Gasteiger partial charge < -0.3 is 14.6 Å². The summed E-state index contributed by atoms with van der Waals surface area (Å²) in [6, 6.07) is 0. The van der Waals surface area contributed by atoms with Gasteiger partial charge >= 0.3 is 5.97 Å². The molecule has 1 heterocycles. The molecule has 4 heteroatoms. The first-order valence-corrected chi connectivity index (χ1v) is 6.18. The maximum Gasteiger partial charge on any atom is 0.306 e. The molecule has 1 aliphatic carbocycles. The lowest BCUT2D eigenvalue weighted by atomic mass is 9.93. The number of hydrogen-bond donors (Lipinski definition) is 1. The van der Waals surface area contributed by atoms with Gasteiger partial charge in [0.2, 0.25) is 0 Å². The minimum absolute atomic E-state index is 0.0573. The average molecular weight is 228 g/mol. The highest BCUT2D eigenvalue weighted by molar-refractivity contribution is 5.67. The lowest BCUT2D eigenvalue weighted by Gasteiger charge is -2.40. The third-order valence-electron chi connectivity index (χ3n) is 3.50. The van der Waals surface area contributed by atoms with Gasteiger partial charge in [-0.05, 0) is 12.8 Å². The Labute approximate surface area is 95.9 Å². The number of ether oxygens (including phenoxy) is 2. The van der Waals surface area contributed by atoms with Gasteiger partial charge in [0.15, 0.2) is 0 Å². The molecule has 1 spiro atoms. The van der Waals surface area contributed by atoms with Gasteiger partial charge in [-0.25, -0.2) is 0 Å². The van der Waals surface area contributed by atoms with Crippen molar-refractivity contribution in [2.75, 3.05) is 13.2 Å². The van der Waals surface area contributed by atoms with Crippen molar-refractivity contribution in [2.24, 2.45) is 0 Å². The predicted molar refractivity (Wildman–Crippen MR) is 58.4 cm³/mol. The Balaban J connectivity index is 1.95. The molecule has 16 heavy (non-hydrogen) atoms. The molecule has 2 fully saturated rings. The number of hydrogen-bond acceptors (Lipinski definition) is 3. The molecule has 0 aromatic carbocycles. The molecule has 1 aliphatic heterocycles. The summed E-state index contributed by atoms with van der Waals surface area (Å²) in [5.74, 6) is -0.806. The fourth-order valence-corrected chi connectivity index (χ4v) is 2.73. The summed E-state index contributed by atoms with van der Waals surface area (Å²) in [6.07, 6.45) is 6.69. The van der Waals surface area contributed by atoms with E-state index < -0.39 is 5.97 Å². The van der Waals surface area contributed by atoms with E-state index in [1.165, 1.54) is 25.7 Å². The Morgan fingerprint density at radius 2 is 1.94 bits per heavy atom. The molecule has 2 rings (SSSR count). The van der Waals surface area contributed by atoms with Crippen molar-refractivity contribution < 1.29 is 19.4 Å². The summed E-state index contributed by atoms with van der Waals surface area (Å²) in [5.41, 5.74) is -0.186. The van der Waals surface area contributed by atoms with Gasteiger partial charge in [-0.1, -0.05) is 25.7 Å². The van der Waals surface area contributed by atoms with Gasteiger partial charge in [0.25, 0.3) is 0 Å². The fraction of sp³-hybridized carbons (Fsp3) is 0.917. The molecule has 1 saturated heterocycles. The number of carboxylic acid groups (broad SMARTS) is 1. The molecule has 2 aliphatic rings. The predicted octanol–water partition coefficient (Wildman–Crippen LogP) is 1.97. The molecule has 0 bridgehead atoms. The zero-order valence-electron chi connectivity index (χ0n) is 9.61. The van der Waals surface area contributed by atoms with Crippen LogP contribution in [0.5, 0.6) is 0 Å². The first kappa shape index (κ1) is 11.9. The Morgan fingerprint density at radius 3 is 2.56 bits per heavy atom. The lowest BCUT2D eigenvalue weighted by molar-refractivity contribution is -0.207. The molecule has 0 aromatic rings. The average Bonchev–Trinajstić information content (AvgIpc) is 2.43. The van der Waals surface area contributed by atoms with Crippen LogP contribution in [-0.4, -0.2) is 36.0 Å². The molecule has 1 atom stereocenters. The topological polar surface area (TPSA) is 55.8 Å². The molecule has 1 unspecified atom stereocenters. The van der Waals surface area contributed by atoms with Gasteiger partial charge in [-0.3, -0.25) is 4.79 Å². The number of aliphatic carboxylic acids is 1. The van der Waals surface area contributed by atoms with Crippen LogP contribution in [-0.2, 0) is 14.3 Å². The number of carboxylic acids is 1. The van der Waals surface area contributed by atoms with Crippen LogP contribution in [0.1, 0.15) is 44.9 Å². The molecule has 1 N–H and O–H groups in total. The molecule has 92 valence electrons. The van der Waals surface area contributed by atoms with Crippen LogP contribution in [0, 0.1) is 0 Å². The monoisotopic (exact) mass is 228 g/mol. The highest BCUT2D eigenvalue weighted by atomic mass is 16.6. The second kappa shape index (κ2) is 5.15. The summed E-state index contributed by atoms with van der Waals surface area (Å²) in [6.45, 7) is 1.07. The molecule has 0 amide bonds. The van der Waals surface area contributed by atoms with Crippen molar-refractivity contribution in [2.45, 2.75) is 56.7 Å². The summed E-state index contributed by atoms with van der Waals surface area (Å²) in [4.78, 5) is 10.7. The Bertz CT molecular complexity index is 243. The van der Waals surface area contributed by atoms with Gasteiger partial charge in [0.05, 0.1) is 31.3 Å². The van der Waals surface area contributed by atoms with Crippen LogP contribution in [0.2, 0.25) is 0 Å². The molecular weight excluding hydrogens is 208 g/mol. The molecule has 4 nitrogen and oxygen atoms in total. The van der Waals surface area contributed by atoms with E-state index in [0.717, 1.165) is 12.8 Å². The largest absolute Gasteiger partial charge is 0.481 e. The van der Waals surface area contributed by atoms with E-state index in [1.807, 2.05) is 0 Å². The SMILES string of the molecule is O=C(O)CC1COCC2(CCCCCC2)O1. The van der Waals surface area contributed by atoms with Crippen LogP contribution >= 0.6 is 0 Å².